The molecule has 2 aromatic rings. The number of aryl methyl sites for hydroxylation is 1. The first-order valence-electron chi connectivity index (χ1n) is 6.03. The van der Waals surface area contributed by atoms with Crippen molar-refractivity contribution in [2.45, 2.75) is 6.92 Å². The summed E-state index contributed by atoms with van der Waals surface area (Å²) in [6, 6.07) is 14.6. The Kier molecular flexibility index (Phi) is 4.03. The van der Waals surface area contributed by atoms with E-state index in [0.717, 1.165) is 11.3 Å². The molecule has 0 radical (unpaired) electrons. The number of carbonyl (C=O) groups is 1. The highest BCUT2D eigenvalue weighted by atomic mass is 16.3. The fourth-order valence-corrected chi connectivity index (χ4v) is 1.68. The van der Waals surface area contributed by atoms with Gasteiger partial charge in [0.1, 0.15) is 5.75 Å². The molecule has 3 N–H and O–H groups in total. The van der Waals surface area contributed by atoms with Crippen LogP contribution in [0, 0.1) is 6.92 Å². The summed E-state index contributed by atoms with van der Waals surface area (Å²) in [5.41, 5.74) is 2.29. The van der Waals surface area contributed by atoms with Crippen LogP contribution in [0.25, 0.3) is 0 Å². The van der Waals surface area contributed by atoms with Gasteiger partial charge >= 0.3 is 0 Å². The van der Waals surface area contributed by atoms with Crippen LogP contribution in [0.15, 0.2) is 48.5 Å². The maximum atomic E-state index is 11.8. The number of aromatic hydroxyl groups is 1. The molecule has 0 atom stereocenters. The number of phenolic OH excluding ortho intramolecular Hbond substituents is 1. The normalized spacial score (nSPS) is 9.95. The van der Waals surface area contributed by atoms with Crippen LogP contribution < -0.4 is 10.6 Å². The summed E-state index contributed by atoms with van der Waals surface area (Å²) in [6.45, 7) is 2.05. The Morgan fingerprint density at radius 1 is 1.16 bits per heavy atom. The van der Waals surface area contributed by atoms with E-state index in [2.05, 4.69) is 10.6 Å². The minimum absolute atomic E-state index is 0.0682. The highest BCUT2D eigenvalue weighted by Crippen LogP contribution is 2.23. The second-order valence-corrected chi connectivity index (χ2v) is 4.29. The molecule has 0 fully saturated rings. The fourth-order valence-electron chi connectivity index (χ4n) is 1.68. The maximum absolute atomic E-state index is 11.8. The number of anilines is 2. The van der Waals surface area contributed by atoms with Crippen molar-refractivity contribution in [1.29, 1.82) is 0 Å². The Bertz CT molecular complexity index is 568. The number of nitrogens with one attached hydrogen (secondary N) is 2. The number of phenols is 1. The average molecular weight is 256 g/mol. The molecule has 0 heterocycles. The van der Waals surface area contributed by atoms with Gasteiger partial charge in [0.15, 0.2) is 0 Å². The van der Waals surface area contributed by atoms with Crippen molar-refractivity contribution in [3.8, 4) is 5.75 Å². The predicted octanol–water partition coefficient (Wildman–Crippen LogP) is 2.75. The Hall–Kier alpha value is -2.49. The summed E-state index contributed by atoms with van der Waals surface area (Å²) in [7, 11) is 0. The van der Waals surface area contributed by atoms with Gasteiger partial charge in [0.25, 0.3) is 0 Å². The Morgan fingerprint density at radius 2 is 1.89 bits per heavy atom. The molecule has 19 heavy (non-hydrogen) atoms. The molecule has 4 heteroatoms. The van der Waals surface area contributed by atoms with Crippen molar-refractivity contribution >= 4 is 17.3 Å². The van der Waals surface area contributed by atoms with Crippen LogP contribution in [0.4, 0.5) is 11.4 Å². The first-order valence-corrected chi connectivity index (χ1v) is 6.03. The molecule has 0 aliphatic heterocycles. The van der Waals surface area contributed by atoms with Crippen LogP contribution in [-0.4, -0.2) is 17.6 Å². The molecule has 0 unspecified atom stereocenters. The van der Waals surface area contributed by atoms with Crippen molar-refractivity contribution in [2.75, 3.05) is 17.2 Å². The third-order valence-electron chi connectivity index (χ3n) is 2.65. The van der Waals surface area contributed by atoms with E-state index in [9.17, 15) is 9.90 Å². The molecule has 0 bridgehead atoms. The van der Waals surface area contributed by atoms with Gasteiger partial charge in [0.05, 0.1) is 12.2 Å². The fraction of sp³-hybridized carbons (Fsp3) is 0.133. The van der Waals surface area contributed by atoms with Gasteiger partial charge in [-0.05, 0) is 36.8 Å². The zero-order valence-corrected chi connectivity index (χ0v) is 10.7. The highest BCUT2D eigenvalue weighted by Gasteiger charge is 2.06. The van der Waals surface area contributed by atoms with E-state index in [0.29, 0.717) is 5.69 Å². The highest BCUT2D eigenvalue weighted by molar-refractivity contribution is 5.95. The number of amides is 1. The van der Waals surface area contributed by atoms with Gasteiger partial charge in [-0.15, -0.1) is 0 Å². The standard InChI is InChI=1S/C15H16N2O2/c1-11-7-8-14(18)13(9-11)17-15(19)10-16-12-5-3-2-4-6-12/h2-9,16,18H,10H2,1H3,(H,17,19). The van der Waals surface area contributed by atoms with E-state index in [-0.39, 0.29) is 18.2 Å². The molecule has 0 spiro atoms. The summed E-state index contributed by atoms with van der Waals surface area (Å²) in [4.78, 5) is 11.8. The lowest BCUT2D eigenvalue weighted by Gasteiger charge is -2.09. The van der Waals surface area contributed by atoms with E-state index in [1.54, 1.807) is 18.2 Å². The first-order chi connectivity index (χ1) is 9.15. The van der Waals surface area contributed by atoms with Gasteiger partial charge in [-0.2, -0.15) is 0 Å². The number of benzene rings is 2. The monoisotopic (exact) mass is 256 g/mol. The summed E-state index contributed by atoms with van der Waals surface area (Å²) in [5.74, 6) is -0.136. The van der Waals surface area contributed by atoms with E-state index in [1.807, 2.05) is 37.3 Å². The molecule has 1 amide bonds. The van der Waals surface area contributed by atoms with Crippen molar-refractivity contribution in [2.24, 2.45) is 0 Å². The number of hydrogen-bond donors (Lipinski definition) is 3. The Morgan fingerprint density at radius 3 is 2.63 bits per heavy atom. The van der Waals surface area contributed by atoms with Gasteiger partial charge in [-0.25, -0.2) is 0 Å². The van der Waals surface area contributed by atoms with Gasteiger partial charge in [0.2, 0.25) is 5.91 Å². The minimum atomic E-state index is -0.204. The van der Waals surface area contributed by atoms with Crippen molar-refractivity contribution in [3.05, 3.63) is 54.1 Å². The molecule has 4 nitrogen and oxygen atoms in total. The number of hydrogen-bond acceptors (Lipinski definition) is 3. The van der Waals surface area contributed by atoms with Crippen LogP contribution in [-0.2, 0) is 4.79 Å². The van der Waals surface area contributed by atoms with Crippen molar-refractivity contribution in [3.63, 3.8) is 0 Å². The lowest BCUT2D eigenvalue weighted by molar-refractivity contribution is -0.114. The quantitative estimate of drug-likeness (QED) is 0.737. The minimum Gasteiger partial charge on any atom is -0.506 e. The summed E-state index contributed by atoms with van der Waals surface area (Å²) < 4.78 is 0. The molecular formula is C15H16N2O2. The second-order valence-electron chi connectivity index (χ2n) is 4.29. The van der Waals surface area contributed by atoms with E-state index >= 15 is 0 Å². The first kappa shape index (κ1) is 13.0. The van der Waals surface area contributed by atoms with Crippen LogP contribution >= 0.6 is 0 Å². The maximum Gasteiger partial charge on any atom is 0.243 e. The van der Waals surface area contributed by atoms with Gasteiger partial charge < -0.3 is 15.7 Å². The van der Waals surface area contributed by atoms with E-state index in [1.165, 1.54) is 0 Å². The molecule has 0 saturated heterocycles. The number of carbonyl (C=O) groups excluding carboxylic acids is 1. The smallest absolute Gasteiger partial charge is 0.243 e. The number of para-hydroxylation sites is 1. The summed E-state index contributed by atoms with van der Waals surface area (Å²) in [6.07, 6.45) is 0. The van der Waals surface area contributed by atoms with Gasteiger partial charge in [-0.3, -0.25) is 4.79 Å². The molecule has 0 aliphatic carbocycles. The molecule has 2 rings (SSSR count). The average Bonchev–Trinajstić information content (AvgIpc) is 2.42. The van der Waals surface area contributed by atoms with Gasteiger partial charge in [-0.1, -0.05) is 24.3 Å². The molecule has 0 aromatic heterocycles. The zero-order chi connectivity index (χ0) is 13.7. The Balaban J connectivity index is 1.93. The topological polar surface area (TPSA) is 61.4 Å². The third-order valence-corrected chi connectivity index (χ3v) is 2.65. The summed E-state index contributed by atoms with van der Waals surface area (Å²) in [5, 5.41) is 15.3. The van der Waals surface area contributed by atoms with Crippen LogP contribution in [0.5, 0.6) is 5.75 Å². The van der Waals surface area contributed by atoms with Crippen LogP contribution in [0.3, 0.4) is 0 Å². The lowest BCUT2D eigenvalue weighted by Crippen LogP contribution is -2.21. The molecule has 2 aromatic carbocycles. The number of rotatable bonds is 4. The largest absolute Gasteiger partial charge is 0.506 e. The molecule has 98 valence electrons. The third kappa shape index (κ3) is 3.74. The molecule has 0 aliphatic rings. The van der Waals surface area contributed by atoms with Crippen LogP contribution in [0.1, 0.15) is 5.56 Å². The lowest BCUT2D eigenvalue weighted by atomic mass is 10.2. The van der Waals surface area contributed by atoms with E-state index < -0.39 is 0 Å². The molecular weight excluding hydrogens is 240 g/mol. The predicted molar refractivity (Wildman–Crippen MR) is 76.4 cm³/mol. The SMILES string of the molecule is Cc1ccc(O)c(NC(=O)CNc2ccccc2)c1. The second kappa shape index (κ2) is 5.91. The van der Waals surface area contributed by atoms with Crippen molar-refractivity contribution in [1.82, 2.24) is 0 Å². The zero-order valence-electron chi connectivity index (χ0n) is 10.7. The van der Waals surface area contributed by atoms with Gasteiger partial charge in [0, 0.05) is 5.69 Å². The van der Waals surface area contributed by atoms with E-state index in [4.69, 9.17) is 0 Å². The van der Waals surface area contributed by atoms with Crippen LogP contribution in [0.2, 0.25) is 0 Å². The van der Waals surface area contributed by atoms with Crippen molar-refractivity contribution < 1.29 is 9.90 Å². The Labute approximate surface area is 112 Å². The summed E-state index contributed by atoms with van der Waals surface area (Å²) >= 11 is 0. The molecule has 0 saturated carbocycles.